The molecule has 0 amide bonds. The van der Waals surface area contributed by atoms with Crippen LogP contribution in [-0.2, 0) is 13.1 Å². The van der Waals surface area contributed by atoms with Gasteiger partial charge in [0.25, 0.3) is 5.56 Å². The van der Waals surface area contributed by atoms with Gasteiger partial charge in [-0.25, -0.2) is 9.97 Å². The lowest BCUT2D eigenvalue weighted by molar-refractivity contribution is 0.181. The third-order valence-electron chi connectivity index (χ3n) is 5.27. The Morgan fingerprint density at radius 3 is 3.00 bits per heavy atom. The zero-order valence-electron chi connectivity index (χ0n) is 14.4. The second-order valence-corrected chi connectivity index (χ2v) is 6.91. The zero-order valence-corrected chi connectivity index (χ0v) is 14.4. The average molecular weight is 342 g/mol. The van der Waals surface area contributed by atoms with Crippen molar-refractivity contribution in [3.05, 3.63) is 70.0 Å². The number of rotatable bonds is 0. The third kappa shape index (κ3) is 2.59. The van der Waals surface area contributed by atoms with E-state index < -0.39 is 0 Å². The highest BCUT2D eigenvalue weighted by atomic mass is 16.1. The van der Waals surface area contributed by atoms with Crippen LogP contribution in [-0.4, -0.2) is 32.0 Å². The molecule has 1 atom stereocenters. The van der Waals surface area contributed by atoms with Crippen molar-refractivity contribution in [3.63, 3.8) is 0 Å². The summed E-state index contributed by atoms with van der Waals surface area (Å²) >= 11 is 0. The van der Waals surface area contributed by atoms with E-state index in [-0.39, 0.29) is 5.56 Å². The van der Waals surface area contributed by atoms with Crippen molar-refractivity contribution in [2.75, 3.05) is 6.54 Å². The molecule has 1 aromatic carbocycles. The first kappa shape index (κ1) is 15.3. The predicted molar refractivity (Wildman–Crippen MR) is 99.7 cm³/mol. The highest BCUT2D eigenvalue weighted by molar-refractivity contribution is 5.79. The van der Waals surface area contributed by atoms with Gasteiger partial charge in [-0.3, -0.25) is 14.3 Å². The van der Waals surface area contributed by atoms with Crippen LogP contribution in [0.5, 0.6) is 0 Å². The normalized spacial score (nSPS) is 18.8. The van der Waals surface area contributed by atoms with Crippen LogP contribution in [0.4, 0.5) is 0 Å². The van der Waals surface area contributed by atoms with E-state index in [0.717, 1.165) is 42.2 Å². The molecule has 1 fully saturated rings. The van der Waals surface area contributed by atoms with Crippen molar-refractivity contribution in [2.45, 2.75) is 32.0 Å². The summed E-state index contributed by atoms with van der Waals surface area (Å²) in [6.45, 7) is 2.63. The maximum atomic E-state index is 12.9. The fourth-order valence-electron chi connectivity index (χ4n) is 3.93. The van der Waals surface area contributed by atoms with E-state index in [4.69, 9.17) is 4.98 Å². The van der Waals surface area contributed by atoms with Gasteiger partial charge < -0.3 is 0 Å². The number of fused-ring (bicyclic) bond motifs is 3. The van der Waals surface area contributed by atoms with Crippen LogP contribution in [0.2, 0.25) is 0 Å². The molecule has 0 radical (unpaired) electrons. The molecule has 5 heteroatoms. The van der Waals surface area contributed by atoms with Crippen LogP contribution >= 0.6 is 0 Å². The number of aromatic nitrogens is 3. The van der Waals surface area contributed by atoms with Gasteiger partial charge in [0.05, 0.1) is 17.4 Å². The van der Waals surface area contributed by atoms with Gasteiger partial charge in [0.2, 0.25) is 0 Å². The summed E-state index contributed by atoms with van der Waals surface area (Å²) in [5.74, 6) is 7.04. The van der Waals surface area contributed by atoms with E-state index >= 15 is 0 Å². The lowest BCUT2D eigenvalue weighted by atomic mass is 10.1. The first-order chi connectivity index (χ1) is 12.8. The van der Waals surface area contributed by atoms with E-state index in [0.29, 0.717) is 11.4 Å². The molecule has 0 saturated carbocycles. The summed E-state index contributed by atoms with van der Waals surface area (Å²) in [7, 11) is 0. The van der Waals surface area contributed by atoms with Crippen molar-refractivity contribution in [1.82, 2.24) is 19.4 Å². The third-order valence-corrected chi connectivity index (χ3v) is 5.27. The Bertz CT molecular complexity index is 1110. The Hall–Kier alpha value is -2.97. The fraction of sp³-hybridized carbons (Fsp3) is 0.286. The quantitative estimate of drug-likeness (QED) is 0.588. The molecule has 0 aliphatic carbocycles. The largest absolute Gasteiger partial charge is 0.293 e. The van der Waals surface area contributed by atoms with Gasteiger partial charge in [-0.1, -0.05) is 12.0 Å². The molecule has 2 aromatic heterocycles. The zero-order chi connectivity index (χ0) is 17.5. The molecule has 5 rings (SSSR count). The SMILES string of the molecule is O=c1c2ccc(C#Cc3ccccn3)cc2nc2n1CC1CCCN1C2. The van der Waals surface area contributed by atoms with Crippen molar-refractivity contribution < 1.29 is 0 Å². The Morgan fingerprint density at radius 1 is 1.15 bits per heavy atom. The summed E-state index contributed by atoms with van der Waals surface area (Å²) < 4.78 is 1.87. The fourth-order valence-corrected chi connectivity index (χ4v) is 3.93. The van der Waals surface area contributed by atoms with Crippen molar-refractivity contribution in [1.29, 1.82) is 0 Å². The van der Waals surface area contributed by atoms with Gasteiger partial charge in [0, 0.05) is 24.3 Å². The molecular formula is C21H18N4O. The molecule has 1 saturated heterocycles. The summed E-state index contributed by atoms with van der Waals surface area (Å²) in [4.78, 5) is 24.4. The van der Waals surface area contributed by atoms with Crippen molar-refractivity contribution >= 4 is 10.9 Å². The molecular weight excluding hydrogens is 324 g/mol. The Kier molecular flexibility index (Phi) is 3.58. The van der Waals surface area contributed by atoms with Crippen molar-refractivity contribution in [2.24, 2.45) is 0 Å². The monoisotopic (exact) mass is 342 g/mol. The van der Waals surface area contributed by atoms with E-state index in [1.165, 1.54) is 12.8 Å². The minimum absolute atomic E-state index is 0.0702. The van der Waals surface area contributed by atoms with E-state index in [9.17, 15) is 4.79 Å². The lowest BCUT2D eigenvalue weighted by Gasteiger charge is -2.31. The minimum Gasteiger partial charge on any atom is -0.293 e. The van der Waals surface area contributed by atoms with E-state index in [1.807, 2.05) is 41.0 Å². The standard InChI is InChI=1S/C21H18N4O/c26-21-18-9-7-15(6-8-16-4-1-2-10-22-16)12-19(18)23-20-14-24-11-3-5-17(24)13-25(20)21/h1-2,4,7,9-10,12,17H,3,5,11,13-14H2. The van der Waals surface area contributed by atoms with Crippen LogP contribution in [0.1, 0.15) is 29.9 Å². The average Bonchev–Trinajstić information content (AvgIpc) is 3.13. The van der Waals surface area contributed by atoms with Crippen LogP contribution in [0.25, 0.3) is 10.9 Å². The highest BCUT2D eigenvalue weighted by Crippen LogP contribution is 2.25. The first-order valence-electron chi connectivity index (χ1n) is 8.98. The van der Waals surface area contributed by atoms with Crippen LogP contribution < -0.4 is 5.56 Å². The summed E-state index contributed by atoms with van der Waals surface area (Å²) in [5.41, 5.74) is 2.37. The molecule has 26 heavy (non-hydrogen) atoms. The topological polar surface area (TPSA) is 51.0 Å². The number of benzene rings is 1. The number of hydrogen-bond donors (Lipinski definition) is 0. The van der Waals surface area contributed by atoms with Gasteiger partial charge >= 0.3 is 0 Å². The Labute approximate surface area is 151 Å². The molecule has 0 spiro atoms. The predicted octanol–water partition coefficient (Wildman–Crippen LogP) is 2.17. The van der Waals surface area contributed by atoms with Gasteiger partial charge in [0.1, 0.15) is 11.5 Å². The Balaban J connectivity index is 1.56. The summed E-state index contributed by atoms with van der Waals surface area (Å²) in [5, 5.41) is 0.670. The molecule has 2 aliphatic rings. The summed E-state index contributed by atoms with van der Waals surface area (Å²) in [6, 6.07) is 11.8. The molecule has 0 N–H and O–H groups in total. The van der Waals surface area contributed by atoms with Gasteiger partial charge in [-0.05, 0) is 55.6 Å². The molecule has 5 nitrogen and oxygen atoms in total. The molecule has 0 bridgehead atoms. The van der Waals surface area contributed by atoms with Crippen LogP contribution in [0.3, 0.4) is 0 Å². The smallest absolute Gasteiger partial charge is 0.261 e. The van der Waals surface area contributed by atoms with Crippen LogP contribution in [0.15, 0.2) is 47.4 Å². The molecule has 3 aromatic rings. The second-order valence-electron chi connectivity index (χ2n) is 6.91. The van der Waals surface area contributed by atoms with Crippen molar-refractivity contribution in [3.8, 4) is 11.8 Å². The number of pyridine rings is 1. The first-order valence-corrected chi connectivity index (χ1v) is 8.98. The highest BCUT2D eigenvalue weighted by Gasteiger charge is 2.31. The van der Waals surface area contributed by atoms with E-state index in [1.54, 1.807) is 6.20 Å². The Morgan fingerprint density at radius 2 is 2.12 bits per heavy atom. The number of hydrogen-bond acceptors (Lipinski definition) is 4. The maximum absolute atomic E-state index is 12.9. The minimum atomic E-state index is 0.0702. The molecule has 128 valence electrons. The van der Waals surface area contributed by atoms with Gasteiger partial charge in [-0.2, -0.15) is 0 Å². The van der Waals surface area contributed by atoms with Crippen LogP contribution in [0, 0.1) is 11.8 Å². The maximum Gasteiger partial charge on any atom is 0.261 e. The molecule has 4 heterocycles. The van der Waals surface area contributed by atoms with Gasteiger partial charge in [0.15, 0.2) is 0 Å². The molecule has 2 aliphatic heterocycles. The molecule has 1 unspecified atom stereocenters. The van der Waals surface area contributed by atoms with Gasteiger partial charge in [-0.15, -0.1) is 0 Å². The van der Waals surface area contributed by atoms with E-state index in [2.05, 4.69) is 21.7 Å². The number of nitrogens with zero attached hydrogens (tertiary/aromatic N) is 4. The summed E-state index contributed by atoms with van der Waals surface area (Å²) in [6.07, 6.45) is 4.11. The second kappa shape index (κ2) is 6.08. The lowest BCUT2D eigenvalue weighted by Crippen LogP contribution is -2.43.